The molecule has 1 aliphatic heterocycles. The molecule has 1 saturated heterocycles. The third kappa shape index (κ3) is 6.84. The van der Waals surface area contributed by atoms with Crippen LogP contribution in [0.3, 0.4) is 0 Å². The summed E-state index contributed by atoms with van der Waals surface area (Å²) in [5.41, 5.74) is 0. The van der Waals surface area contributed by atoms with Crippen LogP contribution in [-0.4, -0.2) is 63.8 Å². The molecule has 0 bridgehead atoms. The van der Waals surface area contributed by atoms with Gasteiger partial charge in [-0.2, -0.15) is 0 Å². The van der Waals surface area contributed by atoms with Gasteiger partial charge in [0.25, 0.3) is 20.0 Å². The zero-order chi connectivity index (χ0) is 14.9. The van der Waals surface area contributed by atoms with E-state index in [0.717, 1.165) is 25.2 Å². The summed E-state index contributed by atoms with van der Waals surface area (Å²) < 4.78 is 28.8. The molecule has 1 rings (SSSR count). The van der Waals surface area contributed by atoms with Crippen molar-refractivity contribution in [2.75, 3.05) is 20.3 Å². The van der Waals surface area contributed by atoms with E-state index < -0.39 is 37.3 Å². The van der Waals surface area contributed by atoms with Gasteiger partial charge in [0.05, 0.1) is 0 Å². The van der Waals surface area contributed by atoms with E-state index in [1.807, 2.05) is 6.55 Å². The second-order valence-corrected chi connectivity index (χ2v) is 14.6. The van der Waals surface area contributed by atoms with Crippen LogP contribution in [0.2, 0.25) is 19.1 Å². The van der Waals surface area contributed by atoms with Gasteiger partial charge in [-0.05, 0) is 32.0 Å². The summed E-state index contributed by atoms with van der Waals surface area (Å²) in [5.74, 6) is 0. The van der Waals surface area contributed by atoms with E-state index in [-0.39, 0.29) is 6.54 Å². The third-order valence-corrected chi connectivity index (χ3v) is 14.9. The minimum Gasteiger partial charge on any atom is -0.420 e. The van der Waals surface area contributed by atoms with E-state index in [0.29, 0.717) is 6.61 Å². The number of hydrogen-bond donors (Lipinski definition) is 1. The maximum absolute atomic E-state index is 10.5. The van der Waals surface area contributed by atoms with E-state index >= 15 is 0 Å². The maximum atomic E-state index is 10.5. The van der Waals surface area contributed by atoms with Crippen molar-refractivity contribution in [2.24, 2.45) is 0 Å². The van der Waals surface area contributed by atoms with Gasteiger partial charge in [0.1, 0.15) is 6.29 Å². The molecule has 0 spiro atoms. The lowest BCUT2D eigenvalue weighted by Gasteiger charge is -2.31. The molecule has 7 nitrogen and oxygen atoms in total. The fourth-order valence-electron chi connectivity index (χ4n) is 1.73. The first-order chi connectivity index (χ1) is 9.54. The Morgan fingerprint density at radius 1 is 1.25 bits per heavy atom. The molecule has 20 heavy (non-hydrogen) atoms. The van der Waals surface area contributed by atoms with Crippen LogP contribution in [0.5, 0.6) is 0 Å². The van der Waals surface area contributed by atoms with Crippen LogP contribution in [0.1, 0.15) is 12.8 Å². The second kappa shape index (κ2) is 9.34. The van der Waals surface area contributed by atoms with Crippen molar-refractivity contribution in [1.29, 1.82) is 0 Å². The molecule has 11 heteroatoms. The van der Waals surface area contributed by atoms with Crippen molar-refractivity contribution in [3.8, 4) is 0 Å². The Labute approximate surface area is 127 Å². The minimum absolute atomic E-state index is 0.227. The van der Waals surface area contributed by atoms with Crippen LogP contribution in [0, 0.1) is 0 Å². The van der Waals surface area contributed by atoms with Gasteiger partial charge in [-0.1, -0.05) is 0 Å². The molecule has 1 fully saturated rings. The van der Waals surface area contributed by atoms with Crippen LogP contribution in [0.4, 0.5) is 0 Å². The molecule has 0 aromatic heterocycles. The molecule has 1 N–H and O–H groups in total. The van der Waals surface area contributed by atoms with E-state index in [1.54, 1.807) is 7.11 Å². The zero-order valence-corrected chi connectivity index (χ0v) is 17.3. The largest absolute Gasteiger partial charge is 0.420 e. The number of aldehydes is 1. The highest BCUT2D eigenvalue weighted by atomic mass is 28.5. The number of nitrogens with one attached hydrogen (secondary N) is 1. The maximum Gasteiger partial charge on any atom is 0.403 e. The highest BCUT2D eigenvalue weighted by molar-refractivity contribution is 6.74. The first-order valence-corrected chi connectivity index (χ1v) is 13.9. The van der Waals surface area contributed by atoms with Crippen LogP contribution in [0.15, 0.2) is 0 Å². The fraction of sp³-hybridized carbons (Fsp3) is 0.889. The van der Waals surface area contributed by atoms with Crippen LogP contribution >= 0.6 is 0 Å². The zero-order valence-electron chi connectivity index (χ0n) is 12.5. The Kier molecular flexibility index (Phi) is 8.57. The second-order valence-electron chi connectivity index (χ2n) is 4.87. The Bertz CT molecular complexity index is 302. The normalized spacial score (nSPS) is 36.4. The topological polar surface area (TPSA) is 75.2 Å². The molecular formula is C9H25NO6Si4. The molecule has 0 aliphatic carbocycles. The Balaban J connectivity index is 2.59. The van der Waals surface area contributed by atoms with Crippen molar-refractivity contribution < 1.29 is 26.0 Å². The summed E-state index contributed by atoms with van der Waals surface area (Å²) in [6.07, 6.45) is 2.84. The van der Waals surface area contributed by atoms with Crippen molar-refractivity contribution >= 4 is 43.6 Å². The summed E-state index contributed by atoms with van der Waals surface area (Å²) in [6.45, 7) is 4.88. The predicted octanol–water partition coefficient (Wildman–Crippen LogP) is -1.08. The first-order valence-electron chi connectivity index (χ1n) is 6.77. The van der Waals surface area contributed by atoms with Crippen LogP contribution < -0.4 is 4.98 Å². The average molecular weight is 356 g/mol. The summed E-state index contributed by atoms with van der Waals surface area (Å²) in [4.78, 5) is 13.6. The lowest BCUT2D eigenvalue weighted by Crippen LogP contribution is -2.57. The van der Waals surface area contributed by atoms with E-state index in [4.69, 9.17) is 21.2 Å². The smallest absolute Gasteiger partial charge is 0.403 e. The lowest BCUT2D eigenvalue weighted by molar-refractivity contribution is -0.107. The van der Waals surface area contributed by atoms with Gasteiger partial charge in [-0.3, -0.25) is 4.98 Å². The first kappa shape index (κ1) is 18.3. The minimum atomic E-state index is -2.55. The fourth-order valence-corrected chi connectivity index (χ4v) is 10.5. The van der Waals surface area contributed by atoms with Crippen molar-refractivity contribution in [2.45, 2.75) is 32.0 Å². The van der Waals surface area contributed by atoms with Crippen molar-refractivity contribution in [1.82, 2.24) is 4.98 Å². The van der Waals surface area contributed by atoms with E-state index in [1.165, 1.54) is 0 Å². The van der Waals surface area contributed by atoms with Gasteiger partial charge in [-0.15, -0.1) is 0 Å². The van der Waals surface area contributed by atoms with E-state index in [2.05, 4.69) is 11.5 Å². The summed E-state index contributed by atoms with van der Waals surface area (Å²) in [5, 5.41) is 0. The monoisotopic (exact) mass is 355 g/mol. The molecule has 2 unspecified atom stereocenters. The Morgan fingerprint density at radius 3 is 2.70 bits per heavy atom. The average Bonchev–Trinajstić information content (AvgIpc) is 2.43. The molecule has 0 aromatic carbocycles. The summed E-state index contributed by atoms with van der Waals surface area (Å²) in [6, 6.07) is 0.950. The molecule has 0 aromatic rings. The highest BCUT2D eigenvalue weighted by Crippen LogP contribution is 2.17. The van der Waals surface area contributed by atoms with Gasteiger partial charge in [0.2, 0.25) is 0 Å². The lowest BCUT2D eigenvalue weighted by atomic mass is 10.4. The quantitative estimate of drug-likeness (QED) is 0.508. The van der Waals surface area contributed by atoms with Crippen molar-refractivity contribution in [3.05, 3.63) is 0 Å². The number of rotatable bonds is 4. The molecule has 118 valence electrons. The number of carbonyl (C=O) groups is 1. The van der Waals surface area contributed by atoms with Crippen LogP contribution in [0.25, 0.3) is 0 Å². The molecular weight excluding hydrogens is 330 g/mol. The molecule has 1 heterocycles. The van der Waals surface area contributed by atoms with Crippen molar-refractivity contribution in [3.63, 3.8) is 0 Å². The van der Waals surface area contributed by atoms with E-state index in [9.17, 15) is 4.79 Å². The Hall–Kier alpha value is 0.298. The Morgan fingerprint density at radius 2 is 2.00 bits per heavy atom. The van der Waals surface area contributed by atoms with Gasteiger partial charge >= 0.3 is 17.3 Å². The highest BCUT2D eigenvalue weighted by Gasteiger charge is 2.35. The molecule has 0 radical (unpaired) electrons. The molecule has 0 amide bonds. The third-order valence-electron chi connectivity index (χ3n) is 3.22. The number of carbonyl (C=O) groups excluding carboxylic acids is 1. The van der Waals surface area contributed by atoms with Gasteiger partial charge in [0.15, 0.2) is 0 Å². The SMILES string of the molecule is CO[Si]1(C)CCCCO[SiH2]O[Si](C)(NCC=O)O[SiH2]O1. The standard InChI is InChI=1S/C9H25NO6Si4/c1-12-19(2)9-5-4-8-13-17-15-20(3,10-6-7-11)16-18-14-19/h7,10H,4-6,8-9,17-18H2,1-3H3. The van der Waals surface area contributed by atoms with Gasteiger partial charge < -0.3 is 26.0 Å². The van der Waals surface area contributed by atoms with Gasteiger partial charge in [-0.25, -0.2) is 0 Å². The van der Waals surface area contributed by atoms with Gasteiger partial charge in [0, 0.05) is 20.3 Å². The number of hydrogen-bond acceptors (Lipinski definition) is 7. The molecule has 1 aliphatic rings. The summed E-state index contributed by atoms with van der Waals surface area (Å²) >= 11 is 0. The predicted molar refractivity (Wildman–Crippen MR) is 84.6 cm³/mol. The summed E-state index contributed by atoms with van der Waals surface area (Å²) in [7, 11) is -5.24. The molecule has 2 atom stereocenters. The molecule has 0 saturated carbocycles. The van der Waals surface area contributed by atoms with Crippen LogP contribution in [-0.2, 0) is 26.0 Å².